The summed E-state index contributed by atoms with van der Waals surface area (Å²) >= 11 is -2.14. The monoisotopic (exact) mass is 386 g/mol. The number of rotatable bonds is 6. The molecule has 0 radical (unpaired) electrons. The molecule has 0 aliphatic rings. The second-order valence-corrected chi connectivity index (χ2v) is 23.6. The van der Waals surface area contributed by atoms with Gasteiger partial charge in [-0.05, 0) is 0 Å². The van der Waals surface area contributed by atoms with E-state index in [0.29, 0.717) is 5.78 Å². The molecule has 0 aliphatic heterocycles. The topological polar surface area (TPSA) is 17.1 Å². The molecule has 0 saturated heterocycles. The molecule has 0 rings (SSSR count). The Hall–Kier alpha value is 1.27. The molecule has 1 nitrogen and oxygen atoms in total. The SMILES string of the molecule is [CH3][SnH]([CH3])[CH2]CC(=O)C[CH2][SnH]([CH3])[CH3]. The Kier molecular flexibility index (Phi) is 8.46. The Morgan fingerprint density at radius 1 is 0.917 bits per heavy atom. The minimum atomic E-state index is -1.07. The Labute approximate surface area is 90.8 Å². The molecule has 0 heterocycles. The Bertz CT molecular complexity index is 118. The van der Waals surface area contributed by atoms with E-state index in [4.69, 9.17) is 0 Å². The summed E-state index contributed by atoms with van der Waals surface area (Å²) in [6, 6.07) is 0. The Balaban J connectivity index is 3.34. The van der Waals surface area contributed by atoms with Gasteiger partial charge in [-0.1, -0.05) is 0 Å². The van der Waals surface area contributed by atoms with Gasteiger partial charge < -0.3 is 0 Å². The van der Waals surface area contributed by atoms with Crippen LogP contribution in [0.15, 0.2) is 0 Å². The van der Waals surface area contributed by atoms with Crippen molar-refractivity contribution in [2.45, 2.75) is 41.5 Å². The zero-order chi connectivity index (χ0) is 9.56. The van der Waals surface area contributed by atoms with Crippen LogP contribution in [0.4, 0.5) is 0 Å². The first-order valence-electron chi connectivity index (χ1n) is 5.04. The molecule has 0 spiro atoms. The van der Waals surface area contributed by atoms with Gasteiger partial charge in [0.25, 0.3) is 0 Å². The van der Waals surface area contributed by atoms with Gasteiger partial charge in [0.15, 0.2) is 0 Å². The van der Waals surface area contributed by atoms with Crippen LogP contribution in [0.3, 0.4) is 0 Å². The second-order valence-electron chi connectivity index (χ2n) is 4.40. The third kappa shape index (κ3) is 9.36. The molecule has 0 aromatic heterocycles. The molecular formula is C9H22OSn2. The average molecular weight is 384 g/mol. The molecule has 0 saturated carbocycles. The normalized spacial score (nSPS) is 11.2. The third-order valence-electron chi connectivity index (χ3n) is 2.00. The van der Waals surface area contributed by atoms with Gasteiger partial charge >= 0.3 is 91.6 Å². The number of carbonyl (C=O) groups excluding carboxylic acids is 1. The van der Waals surface area contributed by atoms with Gasteiger partial charge in [-0.15, -0.1) is 0 Å². The van der Waals surface area contributed by atoms with Crippen molar-refractivity contribution in [3.63, 3.8) is 0 Å². The first kappa shape index (κ1) is 13.3. The maximum atomic E-state index is 11.3. The van der Waals surface area contributed by atoms with Crippen molar-refractivity contribution in [1.82, 2.24) is 0 Å². The summed E-state index contributed by atoms with van der Waals surface area (Å²) < 4.78 is 2.57. The van der Waals surface area contributed by atoms with E-state index in [1.54, 1.807) is 0 Å². The van der Waals surface area contributed by atoms with Crippen molar-refractivity contribution in [1.29, 1.82) is 0 Å². The van der Waals surface area contributed by atoms with Crippen molar-refractivity contribution in [3.8, 4) is 0 Å². The van der Waals surface area contributed by atoms with Gasteiger partial charge in [-0.3, -0.25) is 0 Å². The average Bonchev–Trinajstić information content (AvgIpc) is 1.96. The summed E-state index contributed by atoms with van der Waals surface area (Å²) in [6.45, 7) is 0. The number of hydrogen-bond acceptors (Lipinski definition) is 1. The van der Waals surface area contributed by atoms with Crippen LogP contribution in [-0.2, 0) is 4.79 Å². The number of carbonyl (C=O) groups is 1. The third-order valence-corrected chi connectivity index (χ3v) is 10.2. The second kappa shape index (κ2) is 7.65. The summed E-state index contributed by atoms with van der Waals surface area (Å²) in [7, 11) is 0. The van der Waals surface area contributed by atoms with Crippen LogP contribution in [0.25, 0.3) is 0 Å². The summed E-state index contributed by atoms with van der Waals surface area (Å²) in [4.78, 5) is 20.9. The fourth-order valence-electron chi connectivity index (χ4n) is 1.02. The molecule has 0 atom stereocenters. The van der Waals surface area contributed by atoms with Gasteiger partial charge in [0.1, 0.15) is 0 Å². The van der Waals surface area contributed by atoms with Gasteiger partial charge in [-0.25, -0.2) is 0 Å². The van der Waals surface area contributed by atoms with E-state index in [-0.39, 0.29) is 0 Å². The number of ketones is 1. The summed E-state index contributed by atoms with van der Waals surface area (Å²) in [5.41, 5.74) is 0. The molecular weight excluding hydrogens is 362 g/mol. The molecule has 3 heteroatoms. The van der Waals surface area contributed by atoms with Crippen molar-refractivity contribution in [2.24, 2.45) is 0 Å². The quantitative estimate of drug-likeness (QED) is 0.643. The van der Waals surface area contributed by atoms with Gasteiger partial charge in [-0.2, -0.15) is 0 Å². The number of hydrogen-bond donors (Lipinski definition) is 0. The van der Waals surface area contributed by atoms with Crippen LogP contribution >= 0.6 is 0 Å². The number of Topliss-reactive ketones (excluding diaryl/α,β-unsaturated/α-hetero) is 1. The van der Waals surface area contributed by atoms with Gasteiger partial charge in [0.05, 0.1) is 0 Å². The first-order valence-corrected chi connectivity index (χ1v) is 22.9. The Morgan fingerprint density at radius 2 is 1.25 bits per heavy atom. The molecule has 0 amide bonds. The summed E-state index contributed by atoms with van der Waals surface area (Å²) in [5.74, 6) is 0.547. The minimum absolute atomic E-state index is 0.547. The fourth-order valence-corrected chi connectivity index (χ4v) is 6.16. The molecule has 72 valence electrons. The van der Waals surface area contributed by atoms with Crippen LogP contribution in [-0.4, -0.2) is 45.3 Å². The maximum absolute atomic E-state index is 11.3. The van der Waals surface area contributed by atoms with E-state index < -0.39 is 39.5 Å². The van der Waals surface area contributed by atoms with Crippen LogP contribution in [0.2, 0.25) is 28.6 Å². The van der Waals surface area contributed by atoms with E-state index in [1.165, 1.54) is 8.87 Å². The Morgan fingerprint density at radius 3 is 1.50 bits per heavy atom. The predicted octanol–water partition coefficient (Wildman–Crippen LogP) is 2.31. The standard InChI is InChI=1S/C5H8O.4CH3.2Sn.2H/c1-3-5(6)4-2;;;;;;;;/h1-4H2;4*1H3;;;;. The molecule has 0 aliphatic carbocycles. The molecule has 0 unspecified atom stereocenters. The van der Waals surface area contributed by atoms with E-state index >= 15 is 0 Å². The van der Waals surface area contributed by atoms with Crippen LogP contribution in [0.5, 0.6) is 0 Å². The molecule has 0 bridgehead atoms. The van der Waals surface area contributed by atoms with E-state index in [2.05, 4.69) is 19.8 Å². The van der Waals surface area contributed by atoms with Crippen molar-refractivity contribution in [3.05, 3.63) is 0 Å². The van der Waals surface area contributed by atoms with Gasteiger partial charge in [0.2, 0.25) is 0 Å². The molecule has 0 N–H and O–H groups in total. The fraction of sp³-hybridized carbons (Fsp3) is 0.889. The molecule has 0 aromatic rings. The predicted molar refractivity (Wildman–Crippen MR) is 61.6 cm³/mol. The van der Waals surface area contributed by atoms with Crippen LogP contribution in [0.1, 0.15) is 12.8 Å². The van der Waals surface area contributed by atoms with Crippen molar-refractivity contribution in [2.75, 3.05) is 0 Å². The van der Waals surface area contributed by atoms with E-state index in [1.807, 2.05) is 0 Å². The van der Waals surface area contributed by atoms with Crippen LogP contribution in [0, 0.1) is 0 Å². The van der Waals surface area contributed by atoms with Gasteiger partial charge in [0, 0.05) is 0 Å². The van der Waals surface area contributed by atoms with Crippen LogP contribution < -0.4 is 0 Å². The summed E-state index contributed by atoms with van der Waals surface area (Å²) in [5, 5.41) is 0. The molecule has 0 fully saturated rings. The van der Waals surface area contributed by atoms with E-state index in [0.717, 1.165) is 12.8 Å². The van der Waals surface area contributed by atoms with Crippen molar-refractivity contribution < 1.29 is 4.79 Å². The van der Waals surface area contributed by atoms with E-state index in [9.17, 15) is 4.79 Å². The zero-order valence-corrected chi connectivity index (χ0v) is 15.5. The molecule has 0 aromatic carbocycles. The molecule has 12 heavy (non-hydrogen) atoms. The first-order chi connectivity index (χ1) is 5.52. The summed E-state index contributed by atoms with van der Waals surface area (Å²) in [6.07, 6.45) is 1.82. The zero-order valence-electron chi connectivity index (χ0n) is 8.89. The van der Waals surface area contributed by atoms with Crippen molar-refractivity contribution >= 4 is 45.3 Å².